The van der Waals surface area contributed by atoms with Gasteiger partial charge in [0.15, 0.2) is 0 Å². The first-order valence-corrected chi connectivity index (χ1v) is 14.5. The molecule has 10 N–H and O–H groups in total. The summed E-state index contributed by atoms with van der Waals surface area (Å²) in [6.07, 6.45) is 4.68. The molecule has 39 heavy (non-hydrogen) atoms. The van der Waals surface area contributed by atoms with Crippen molar-refractivity contribution in [1.29, 1.82) is 0 Å². The zero-order valence-electron chi connectivity index (χ0n) is 21.2. The minimum absolute atomic E-state index is 0.0724. The van der Waals surface area contributed by atoms with E-state index in [-0.39, 0.29) is 17.6 Å². The maximum atomic E-state index is 11.3. The highest BCUT2D eigenvalue weighted by Gasteiger charge is 2.26. The molecule has 0 aliphatic carbocycles. The molecule has 0 amide bonds. The second kappa shape index (κ2) is 10.5. The average Bonchev–Trinajstić information content (AvgIpc) is 3.62. The third-order valence-corrected chi connectivity index (χ3v) is 8.76. The van der Waals surface area contributed by atoms with Crippen molar-refractivity contribution in [2.24, 2.45) is 17.2 Å². The number of hydrogen-bond acceptors (Lipinski definition) is 4. The Morgan fingerprint density at radius 1 is 0.692 bits per heavy atom. The fourth-order valence-corrected chi connectivity index (χ4v) is 6.68. The number of fused-ring (bicyclic) bond motifs is 3. The molecule has 6 aromatic rings. The molecular weight excluding hydrogens is 620 g/mol. The lowest BCUT2D eigenvalue weighted by Gasteiger charge is -2.17. The molecule has 0 saturated heterocycles. The molecule has 7 nitrogen and oxygen atoms in total. The van der Waals surface area contributed by atoms with Crippen LogP contribution in [0.3, 0.4) is 0 Å². The second-order valence-corrected chi connectivity index (χ2v) is 11.8. The number of halogens is 2. The number of nitrogens with two attached hydrogens (primary N) is 3. The van der Waals surface area contributed by atoms with Crippen molar-refractivity contribution in [2.45, 2.75) is 18.3 Å². The minimum atomic E-state index is -0.189. The summed E-state index contributed by atoms with van der Waals surface area (Å²) in [5, 5.41) is 14.5. The van der Waals surface area contributed by atoms with E-state index in [1.165, 1.54) is 0 Å². The van der Waals surface area contributed by atoms with Crippen LogP contribution >= 0.6 is 31.9 Å². The van der Waals surface area contributed by atoms with Crippen LogP contribution in [0, 0.1) is 0 Å². The molecule has 0 bridgehead atoms. The van der Waals surface area contributed by atoms with Gasteiger partial charge in [0, 0.05) is 90.2 Å². The monoisotopic (exact) mass is 648 g/mol. The van der Waals surface area contributed by atoms with E-state index in [1.54, 1.807) is 0 Å². The van der Waals surface area contributed by atoms with Crippen molar-refractivity contribution in [3.05, 3.63) is 97.8 Å². The highest BCUT2D eigenvalue weighted by atomic mass is 79.9. The smallest absolute Gasteiger partial charge is 0.120 e. The number of aromatic amines is 3. The molecule has 0 fully saturated rings. The third-order valence-electron chi connectivity index (χ3n) is 7.78. The van der Waals surface area contributed by atoms with Gasteiger partial charge in [-0.3, -0.25) is 0 Å². The molecule has 0 spiro atoms. The number of benzene rings is 3. The van der Waals surface area contributed by atoms with E-state index >= 15 is 0 Å². The quantitative estimate of drug-likeness (QED) is 0.108. The Bertz CT molecular complexity index is 1820. The maximum Gasteiger partial charge on any atom is 0.120 e. The van der Waals surface area contributed by atoms with Crippen molar-refractivity contribution >= 4 is 64.6 Å². The van der Waals surface area contributed by atoms with E-state index in [2.05, 4.69) is 65.0 Å². The first-order valence-electron chi connectivity index (χ1n) is 12.9. The SMILES string of the molecule is NCCc1c(C(CN)c2c[nH]c3cc(Br)ccc23)[nH]c2cc(C(CN)c3c[nH]c4cc(Br)ccc34)c(O)cc12. The van der Waals surface area contributed by atoms with E-state index in [9.17, 15) is 5.11 Å². The van der Waals surface area contributed by atoms with Gasteiger partial charge in [0.1, 0.15) is 5.75 Å². The molecule has 200 valence electrons. The van der Waals surface area contributed by atoms with Crippen molar-refractivity contribution < 1.29 is 5.11 Å². The summed E-state index contributed by atoms with van der Waals surface area (Å²) >= 11 is 7.09. The fourth-order valence-electron chi connectivity index (χ4n) is 5.95. The number of hydrogen-bond donors (Lipinski definition) is 7. The average molecular weight is 650 g/mol. The molecule has 0 aliphatic rings. The predicted molar refractivity (Wildman–Crippen MR) is 167 cm³/mol. The van der Waals surface area contributed by atoms with Gasteiger partial charge in [-0.1, -0.05) is 44.0 Å². The van der Waals surface area contributed by atoms with E-state index in [4.69, 9.17) is 17.2 Å². The lowest BCUT2D eigenvalue weighted by atomic mass is 9.88. The van der Waals surface area contributed by atoms with Crippen LogP contribution in [0.25, 0.3) is 32.7 Å². The molecule has 2 atom stereocenters. The number of phenols is 1. The molecule has 6 rings (SSSR count). The molecule has 3 aromatic heterocycles. The van der Waals surface area contributed by atoms with E-state index < -0.39 is 0 Å². The Morgan fingerprint density at radius 3 is 1.85 bits per heavy atom. The second-order valence-electron chi connectivity index (χ2n) is 9.96. The van der Waals surface area contributed by atoms with Gasteiger partial charge in [0.05, 0.1) is 0 Å². The largest absolute Gasteiger partial charge is 0.508 e. The van der Waals surface area contributed by atoms with Crippen LogP contribution in [0.1, 0.15) is 39.8 Å². The fraction of sp³-hybridized carbons (Fsp3) is 0.200. The van der Waals surface area contributed by atoms with Gasteiger partial charge < -0.3 is 37.3 Å². The Morgan fingerprint density at radius 2 is 1.28 bits per heavy atom. The molecule has 0 aliphatic heterocycles. The number of aromatic hydroxyl groups is 1. The van der Waals surface area contributed by atoms with Crippen LogP contribution in [0.4, 0.5) is 0 Å². The van der Waals surface area contributed by atoms with Gasteiger partial charge in [-0.2, -0.15) is 0 Å². The van der Waals surface area contributed by atoms with Gasteiger partial charge in [-0.05, 0) is 66.1 Å². The topological polar surface area (TPSA) is 146 Å². The minimum Gasteiger partial charge on any atom is -0.508 e. The predicted octanol–water partition coefficient (Wildman–Crippen LogP) is 6.04. The summed E-state index contributed by atoms with van der Waals surface area (Å²) in [6, 6.07) is 16.2. The number of H-pyrrole nitrogens is 3. The number of rotatable bonds is 8. The van der Waals surface area contributed by atoms with Crippen LogP contribution in [0.15, 0.2) is 69.9 Å². The molecule has 0 radical (unpaired) electrons. The maximum absolute atomic E-state index is 11.3. The molecule has 0 saturated carbocycles. The molecular formula is C30H30Br2N6O. The summed E-state index contributed by atoms with van der Waals surface area (Å²) < 4.78 is 2.02. The normalized spacial score (nSPS) is 13.6. The van der Waals surface area contributed by atoms with E-state index in [1.807, 2.05) is 42.7 Å². The summed E-state index contributed by atoms with van der Waals surface area (Å²) in [5.74, 6) is -0.0438. The summed E-state index contributed by atoms with van der Waals surface area (Å²) in [6.45, 7) is 1.25. The summed E-state index contributed by atoms with van der Waals surface area (Å²) in [7, 11) is 0. The molecule has 9 heteroatoms. The molecule has 3 aromatic carbocycles. The highest BCUT2D eigenvalue weighted by molar-refractivity contribution is 9.10. The summed E-state index contributed by atoms with van der Waals surface area (Å²) in [5.41, 5.74) is 26.9. The van der Waals surface area contributed by atoms with Gasteiger partial charge in [-0.25, -0.2) is 0 Å². The van der Waals surface area contributed by atoms with Crippen LogP contribution in [-0.4, -0.2) is 39.7 Å². The third kappa shape index (κ3) is 4.48. The van der Waals surface area contributed by atoms with Gasteiger partial charge >= 0.3 is 0 Å². The van der Waals surface area contributed by atoms with Crippen LogP contribution in [-0.2, 0) is 6.42 Å². The first-order chi connectivity index (χ1) is 18.9. The number of nitrogens with one attached hydrogen (secondary N) is 3. The van der Waals surface area contributed by atoms with Crippen molar-refractivity contribution in [3.63, 3.8) is 0 Å². The van der Waals surface area contributed by atoms with Crippen LogP contribution in [0.2, 0.25) is 0 Å². The van der Waals surface area contributed by atoms with Gasteiger partial charge in [0.2, 0.25) is 0 Å². The van der Waals surface area contributed by atoms with Crippen molar-refractivity contribution in [2.75, 3.05) is 19.6 Å². The molecule has 2 unspecified atom stereocenters. The summed E-state index contributed by atoms with van der Waals surface area (Å²) in [4.78, 5) is 10.4. The Balaban J connectivity index is 1.50. The lowest BCUT2D eigenvalue weighted by Crippen LogP contribution is -2.16. The van der Waals surface area contributed by atoms with Crippen molar-refractivity contribution in [1.82, 2.24) is 15.0 Å². The number of aromatic nitrogens is 3. The number of phenolic OH excluding ortho intramolecular Hbond substituents is 1. The van der Waals surface area contributed by atoms with Gasteiger partial charge in [-0.15, -0.1) is 0 Å². The van der Waals surface area contributed by atoms with Crippen molar-refractivity contribution in [3.8, 4) is 5.75 Å². The Kier molecular flexibility index (Phi) is 7.03. The Hall–Kier alpha value is -3.08. The van der Waals surface area contributed by atoms with E-state index in [0.717, 1.165) is 69.6 Å². The zero-order chi connectivity index (χ0) is 27.3. The lowest BCUT2D eigenvalue weighted by molar-refractivity contribution is 0.466. The first kappa shape index (κ1) is 26.2. The Labute approximate surface area is 242 Å². The van der Waals surface area contributed by atoms with Gasteiger partial charge in [0.25, 0.3) is 0 Å². The van der Waals surface area contributed by atoms with Crippen LogP contribution in [0.5, 0.6) is 5.75 Å². The van der Waals surface area contributed by atoms with Crippen LogP contribution < -0.4 is 17.2 Å². The standard InChI is InChI=1S/C30H30Br2N6O/c31-15-1-3-17-24(13-36-26(17)7-15)22(11-34)21-9-28-20(10-29(21)39)19(5-6-33)30(38-28)23(12-35)25-14-37-27-8-16(32)2-4-18(25)27/h1-4,7-10,13-14,22-23,36-39H,5-6,11-12,33-35H2. The highest BCUT2D eigenvalue weighted by Crippen LogP contribution is 2.41. The van der Waals surface area contributed by atoms with E-state index in [0.29, 0.717) is 26.1 Å². The zero-order valence-corrected chi connectivity index (χ0v) is 24.4. The molecule has 3 heterocycles.